The minimum atomic E-state index is -4.00. The summed E-state index contributed by atoms with van der Waals surface area (Å²) in [6, 6.07) is 21.1. The lowest BCUT2D eigenvalue weighted by molar-refractivity contribution is -0.122. The summed E-state index contributed by atoms with van der Waals surface area (Å²) in [6.07, 6.45) is 1.30. The number of carbonyl (C=O) groups is 2. The van der Waals surface area contributed by atoms with E-state index in [0.717, 1.165) is 5.75 Å². The Morgan fingerprint density at radius 1 is 1.05 bits per heavy atom. The van der Waals surface area contributed by atoms with Crippen LogP contribution in [0.2, 0.25) is 0 Å². The topological polar surface area (TPSA) is 154 Å². The number of halogens is 1. The molecule has 1 saturated heterocycles. The highest BCUT2D eigenvalue weighted by Gasteiger charge is 2.39. The zero-order valence-corrected chi connectivity index (χ0v) is 25.3. The molecular formula is C28H32BrN3O7S2. The highest BCUT2D eigenvalue weighted by Crippen LogP contribution is 2.57. The fourth-order valence-corrected chi connectivity index (χ4v) is 7.93. The molecule has 3 aromatic rings. The monoisotopic (exact) mass is 665 g/mol. The molecule has 2 unspecified atom stereocenters. The van der Waals surface area contributed by atoms with E-state index in [9.17, 15) is 27.1 Å². The first-order valence-corrected chi connectivity index (χ1v) is 16.8. The van der Waals surface area contributed by atoms with E-state index in [-0.39, 0.29) is 17.7 Å². The molecular weight excluding hydrogens is 634 g/mol. The minimum absolute atomic E-state index is 0.0337. The van der Waals surface area contributed by atoms with E-state index < -0.39 is 43.9 Å². The lowest BCUT2D eigenvalue weighted by Crippen LogP contribution is -2.48. The summed E-state index contributed by atoms with van der Waals surface area (Å²) < 4.78 is 57.6. The van der Waals surface area contributed by atoms with Crippen molar-refractivity contribution in [2.45, 2.75) is 41.9 Å². The summed E-state index contributed by atoms with van der Waals surface area (Å²) in [4.78, 5) is 25.0. The summed E-state index contributed by atoms with van der Waals surface area (Å²) in [6.45, 7) is 0.820. The van der Waals surface area contributed by atoms with Crippen LogP contribution in [0.3, 0.4) is 0 Å². The molecule has 0 spiro atoms. The van der Waals surface area contributed by atoms with Gasteiger partial charge in [0.05, 0.1) is 17.9 Å². The molecule has 2 atom stereocenters. The molecule has 5 N–H and O–H groups in total. The van der Waals surface area contributed by atoms with E-state index in [2.05, 4.69) is 30.7 Å². The van der Waals surface area contributed by atoms with Crippen LogP contribution >= 0.6 is 26.7 Å². The van der Waals surface area contributed by atoms with E-state index in [1.54, 1.807) is 36.4 Å². The van der Waals surface area contributed by atoms with Gasteiger partial charge in [0.1, 0.15) is 17.0 Å². The van der Waals surface area contributed by atoms with Crippen LogP contribution in [0.15, 0.2) is 88.2 Å². The highest BCUT2D eigenvalue weighted by molar-refractivity contribution is 9.10. The summed E-state index contributed by atoms with van der Waals surface area (Å²) in [5.74, 6) is -0.164. The van der Waals surface area contributed by atoms with Crippen molar-refractivity contribution < 1.29 is 31.8 Å². The first-order chi connectivity index (χ1) is 19.5. The maximum atomic E-state index is 13.2. The number of para-hydroxylation sites is 1. The van der Waals surface area contributed by atoms with Gasteiger partial charge in [-0.15, -0.1) is 10.8 Å². The Bertz CT molecular complexity index is 1460. The Morgan fingerprint density at radius 3 is 2.37 bits per heavy atom. The van der Waals surface area contributed by atoms with Gasteiger partial charge in [-0.05, 0) is 60.7 Å². The molecule has 2 amide bonds. The Labute approximate surface area is 249 Å². The van der Waals surface area contributed by atoms with E-state index in [1.165, 1.54) is 12.1 Å². The lowest BCUT2D eigenvalue weighted by atomic mass is 10.0. The fourth-order valence-electron chi connectivity index (χ4n) is 4.36. The highest BCUT2D eigenvalue weighted by atomic mass is 79.9. The number of benzene rings is 3. The third-order valence-corrected chi connectivity index (χ3v) is 10.3. The second kappa shape index (κ2) is 13.8. The van der Waals surface area contributed by atoms with Crippen LogP contribution in [-0.4, -0.2) is 48.5 Å². The Kier molecular flexibility index (Phi) is 10.4. The van der Waals surface area contributed by atoms with E-state index in [0.29, 0.717) is 41.6 Å². The normalized spacial score (nSPS) is 17.8. The Hall–Kier alpha value is -2.94. The molecule has 0 aliphatic carbocycles. The van der Waals surface area contributed by atoms with Gasteiger partial charge in [-0.2, -0.15) is 4.72 Å². The Morgan fingerprint density at radius 2 is 1.73 bits per heavy atom. The second-order valence-electron chi connectivity index (χ2n) is 9.52. The van der Waals surface area contributed by atoms with Gasteiger partial charge in [-0.3, -0.25) is 23.4 Å². The van der Waals surface area contributed by atoms with Gasteiger partial charge in [0, 0.05) is 11.0 Å². The average molecular weight is 667 g/mol. The van der Waals surface area contributed by atoms with Crippen LogP contribution in [0.1, 0.15) is 35.6 Å². The first kappa shape index (κ1) is 31.0. The molecule has 41 heavy (non-hydrogen) atoms. The molecule has 4 rings (SSSR count). The maximum Gasteiger partial charge on any atom is 0.241 e. The molecule has 0 radical (unpaired) electrons. The molecule has 220 valence electrons. The standard InChI is InChI=1S/C28H32BrN3O7S2/c29-24-17-20(13-14-23(24)26-19-27(33)32-41(26,37)38)18-25(31-40(35,36)22-11-5-2-6-12-22)28(34)30-15-7-8-16-39-21-9-3-1-4-10-21/h1-6,9-14,17,25-26,31,37-38H,7-8,15-16,18-19H2,(H,30,34)(H,32,33). The van der Waals surface area contributed by atoms with Gasteiger partial charge in [0.2, 0.25) is 21.8 Å². The fraction of sp³-hybridized carbons (Fsp3) is 0.286. The van der Waals surface area contributed by atoms with Gasteiger partial charge in [-0.1, -0.05) is 64.5 Å². The predicted octanol–water partition coefficient (Wildman–Crippen LogP) is 4.54. The molecule has 1 heterocycles. The molecule has 0 saturated carbocycles. The second-order valence-corrected chi connectivity index (χ2v) is 14.0. The van der Waals surface area contributed by atoms with Crippen LogP contribution < -0.4 is 19.5 Å². The van der Waals surface area contributed by atoms with Gasteiger partial charge in [-0.25, -0.2) is 8.42 Å². The molecule has 0 aromatic heterocycles. The van der Waals surface area contributed by atoms with Crippen molar-refractivity contribution >= 4 is 48.5 Å². The smallest absolute Gasteiger partial charge is 0.241 e. The van der Waals surface area contributed by atoms with Crippen LogP contribution in [0.25, 0.3) is 0 Å². The largest absolute Gasteiger partial charge is 0.494 e. The number of amides is 2. The summed E-state index contributed by atoms with van der Waals surface area (Å²) >= 11 is 3.44. The van der Waals surface area contributed by atoms with Crippen molar-refractivity contribution in [1.29, 1.82) is 0 Å². The van der Waals surface area contributed by atoms with E-state index in [4.69, 9.17) is 4.74 Å². The number of hydrogen-bond donors (Lipinski definition) is 5. The molecule has 1 aliphatic heterocycles. The van der Waals surface area contributed by atoms with Crippen LogP contribution in [0.4, 0.5) is 0 Å². The summed E-state index contributed by atoms with van der Waals surface area (Å²) in [5, 5.41) is 2.00. The van der Waals surface area contributed by atoms with Crippen LogP contribution in [0, 0.1) is 0 Å². The number of rotatable bonds is 13. The van der Waals surface area contributed by atoms with E-state index in [1.807, 2.05) is 30.3 Å². The predicted molar refractivity (Wildman–Crippen MR) is 161 cm³/mol. The maximum absolute atomic E-state index is 13.2. The number of carbonyl (C=O) groups excluding carboxylic acids is 2. The first-order valence-electron chi connectivity index (χ1n) is 12.9. The lowest BCUT2D eigenvalue weighted by Gasteiger charge is -2.33. The van der Waals surface area contributed by atoms with Crippen LogP contribution in [0.5, 0.6) is 5.75 Å². The van der Waals surface area contributed by atoms with E-state index >= 15 is 0 Å². The van der Waals surface area contributed by atoms with Gasteiger partial charge >= 0.3 is 0 Å². The molecule has 3 aromatic carbocycles. The molecule has 10 nitrogen and oxygen atoms in total. The molecule has 0 bridgehead atoms. The SMILES string of the molecule is O=C1CC(c2ccc(CC(NS(=O)(=O)c3ccccc3)C(=O)NCCCCOc3ccccc3)cc2Br)S(O)(O)N1. The molecule has 1 aliphatic rings. The van der Waals surface area contributed by atoms with Crippen molar-refractivity contribution in [3.63, 3.8) is 0 Å². The number of sulfonamides is 1. The van der Waals surface area contributed by atoms with Crippen molar-refractivity contribution in [2.24, 2.45) is 0 Å². The van der Waals surface area contributed by atoms with Gasteiger partial charge in [0.25, 0.3) is 0 Å². The summed E-state index contributed by atoms with van der Waals surface area (Å²) in [5.41, 5.74) is 1.15. The van der Waals surface area contributed by atoms with Crippen LogP contribution in [-0.2, 0) is 26.0 Å². The Balaban J connectivity index is 1.42. The number of unbranched alkanes of at least 4 members (excludes halogenated alkanes) is 1. The van der Waals surface area contributed by atoms with Crippen molar-refractivity contribution in [1.82, 2.24) is 14.8 Å². The number of ether oxygens (including phenoxy) is 1. The number of hydrogen-bond acceptors (Lipinski definition) is 7. The van der Waals surface area contributed by atoms with Crippen molar-refractivity contribution in [2.75, 3.05) is 13.2 Å². The average Bonchev–Trinajstić information content (AvgIpc) is 3.22. The van der Waals surface area contributed by atoms with Crippen molar-refractivity contribution in [3.8, 4) is 5.75 Å². The van der Waals surface area contributed by atoms with Crippen molar-refractivity contribution in [3.05, 3.63) is 94.5 Å². The van der Waals surface area contributed by atoms with Gasteiger partial charge in [0.15, 0.2) is 0 Å². The molecule has 1 fully saturated rings. The zero-order chi connectivity index (χ0) is 29.5. The molecule has 13 heteroatoms. The number of nitrogens with one attached hydrogen (secondary N) is 3. The quantitative estimate of drug-likeness (QED) is 0.168. The third-order valence-electron chi connectivity index (χ3n) is 6.43. The third kappa shape index (κ3) is 8.53. The zero-order valence-electron chi connectivity index (χ0n) is 22.0. The summed E-state index contributed by atoms with van der Waals surface area (Å²) in [7, 11) is -7.34. The van der Waals surface area contributed by atoms with Gasteiger partial charge < -0.3 is 10.1 Å². The minimum Gasteiger partial charge on any atom is -0.494 e.